The first-order valence-electron chi connectivity index (χ1n) is 10.5. The quantitative estimate of drug-likeness (QED) is 0.718. The number of nitrogens with zero attached hydrogens (tertiary/aromatic N) is 2. The summed E-state index contributed by atoms with van der Waals surface area (Å²) >= 11 is 0. The lowest BCUT2D eigenvalue weighted by atomic mass is 9.74. The zero-order valence-corrected chi connectivity index (χ0v) is 17.8. The summed E-state index contributed by atoms with van der Waals surface area (Å²) in [5.41, 5.74) is 1.77. The Hall–Kier alpha value is -2.73. The minimum Gasteiger partial charge on any atom is -0.391 e. The Morgan fingerprint density at radius 3 is 2.57 bits per heavy atom. The van der Waals surface area contributed by atoms with Gasteiger partial charge >= 0.3 is 0 Å². The molecule has 1 saturated carbocycles. The first-order chi connectivity index (χ1) is 14.4. The van der Waals surface area contributed by atoms with E-state index in [0.29, 0.717) is 19.4 Å². The van der Waals surface area contributed by atoms with Gasteiger partial charge in [0.15, 0.2) is 0 Å². The third kappa shape index (κ3) is 5.25. The van der Waals surface area contributed by atoms with Crippen molar-refractivity contribution in [2.24, 2.45) is 0 Å². The van der Waals surface area contributed by atoms with Crippen LogP contribution in [0.2, 0.25) is 0 Å². The molecule has 2 aromatic rings. The molecule has 160 valence electrons. The molecule has 0 bridgehead atoms. The van der Waals surface area contributed by atoms with E-state index in [-0.39, 0.29) is 29.7 Å². The van der Waals surface area contributed by atoms with E-state index in [4.69, 9.17) is 0 Å². The first-order valence-corrected chi connectivity index (χ1v) is 10.5. The predicted molar refractivity (Wildman–Crippen MR) is 116 cm³/mol. The van der Waals surface area contributed by atoms with Crippen LogP contribution in [0.25, 0.3) is 0 Å². The summed E-state index contributed by atoms with van der Waals surface area (Å²) in [5.74, 6) is -0.0865. The topological polar surface area (TPSA) is 82.5 Å². The van der Waals surface area contributed by atoms with Crippen LogP contribution >= 0.6 is 0 Å². The molecule has 3 rings (SSSR count). The normalized spacial score (nSPS) is 24.0. The fourth-order valence-electron chi connectivity index (χ4n) is 4.45. The van der Waals surface area contributed by atoms with Crippen molar-refractivity contribution in [3.05, 3.63) is 66.0 Å². The van der Waals surface area contributed by atoms with Gasteiger partial charge in [-0.25, -0.2) is 0 Å². The minimum absolute atomic E-state index is 0.0267. The maximum absolute atomic E-state index is 12.8. The zero-order valence-electron chi connectivity index (χ0n) is 17.8. The summed E-state index contributed by atoms with van der Waals surface area (Å²) in [4.78, 5) is 30.2. The zero-order chi connectivity index (χ0) is 21.6. The van der Waals surface area contributed by atoms with Gasteiger partial charge in [-0.2, -0.15) is 0 Å². The molecular weight excluding hydrogens is 378 g/mol. The van der Waals surface area contributed by atoms with E-state index >= 15 is 0 Å². The van der Waals surface area contributed by atoms with Crippen LogP contribution < -0.4 is 5.32 Å². The highest BCUT2D eigenvalue weighted by Crippen LogP contribution is 2.39. The second-order valence-electron chi connectivity index (χ2n) is 8.31. The van der Waals surface area contributed by atoms with Crippen LogP contribution in [0.4, 0.5) is 0 Å². The molecule has 0 aliphatic heterocycles. The van der Waals surface area contributed by atoms with Crippen LogP contribution in [0.15, 0.2) is 54.9 Å². The van der Waals surface area contributed by atoms with Crippen molar-refractivity contribution in [2.45, 2.75) is 56.6 Å². The number of amides is 2. The fraction of sp³-hybridized carbons (Fsp3) is 0.458. The number of hydrogen-bond acceptors (Lipinski definition) is 4. The Labute approximate surface area is 178 Å². The van der Waals surface area contributed by atoms with Gasteiger partial charge in [0.1, 0.15) is 0 Å². The van der Waals surface area contributed by atoms with Crippen LogP contribution in [-0.2, 0) is 21.4 Å². The van der Waals surface area contributed by atoms with Crippen LogP contribution in [0.1, 0.15) is 43.7 Å². The Bertz CT molecular complexity index is 843. The third-order valence-electron chi connectivity index (χ3n) is 6.31. The average molecular weight is 410 g/mol. The van der Waals surface area contributed by atoms with Crippen LogP contribution in [0.3, 0.4) is 0 Å². The van der Waals surface area contributed by atoms with E-state index in [1.165, 1.54) is 6.92 Å². The number of nitrogens with one attached hydrogen (secondary N) is 1. The van der Waals surface area contributed by atoms with E-state index in [1.54, 1.807) is 24.3 Å². The Morgan fingerprint density at radius 1 is 1.17 bits per heavy atom. The monoisotopic (exact) mass is 409 g/mol. The molecule has 1 aromatic heterocycles. The number of carbonyl (C=O) groups excluding carboxylic acids is 2. The maximum atomic E-state index is 12.8. The van der Waals surface area contributed by atoms with Crippen LogP contribution in [0, 0.1) is 0 Å². The number of hydrogen-bond donors (Lipinski definition) is 2. The van der Waals surface area contributed by atoms with E-state index in [1.807, 2.05) is 30.3 Å². The summed E-state index contributed by atoms with van der Waals surface area (Å²) in [7, 11) is 1.77. The third-order valence-corrected chi connectivity index (χ3v) is 6.31. The Balaban J connectivity index is 1.76. The van der Waals surface area contributed by atoms with Crippen molar-refractivity contribution in [1.82, 2.24) is 15.2 Å². The molecule has 0 radical (unpaired) electrons. The molecule has 6 nitrogen and oxygen atoms in total. The summed E-state index contributed by atoms with van der Waals surface area (Å²) in [6.45, 7) is 2.05. The minimum atomic E-state index is -0.601. The number of benzene rings is 1. The predicted octanol–water partition coefficient (Wildman–Crippen LogP) is 2.46. The van der Waals surface area contributed by atoms with Gasteiger partial charge in [-0.1, -0.05) is 36.4 Å². The van der Waals surface area contributed by atoms with Crippen LogP contribution in [0.5, 0.6) is 0 Å². The van der Waals surface area contributed by atoms with E-state index in [0.717, 1.165) is 24.0 Å². The van der Waals surface area contributed by atoms with Gasteiger partial charge in [0.2, 0.25) is 11.8 Å². The lowest BCUT2D eigenvalue weighted by Crippen LogP contribution is -2.45. The summed E-state index contributed by atoms with van der Waals surface area (Å²) in [6, 6.07) is 13.6. The number of aromatic nitrogens is 1. The van der Waals surface area contributed by atoms with Gasteiger partial charge in [0.05, 0.1) is 18.6 Å². The molecule has 6 heteroatoms. The highest BCUT2D eigenvalue weighted by molar-refractivity contribution is 5.78. The van der Waals surface area contributed by atoms with Crippen molar-refractivity contribution in [2.75, 3.05) is 13.6 Å². The lowest BCUT2D eigenvalue weighted by Gasteiger charge is -2.34. The summed E-state index contributed by atoms with van der Waals surface area (Å²) < 4.78 is 0. The second-order valence-corrected chi connectivity index (χ2v) is 8.31. The van der Waals surface area contributed by atoms with Gasteiger partial charge in [0.25, 0.3) is 0 Å². The highest BCUT2D eigenvalue weighted by Gasteiger charge is 2.39. The van der Waals surface area contributed by atoms with E-state index < -0.39 is 6.10 Å². The maximum Gasteiger partial charge on any atom is 0.227 e. The van der Waals surface area contributed by atoms with Gasteiger partial charge in [0, 0.05) is 38.3 Å². The van der Waals surface area contributed by atoms with Crippen molar-refractivity contribution < 1.29 is 14.7 Å². The number of pyridine rings is 1. The number of carbonyl (C=O) groups is 2. The SMILES string of the molecule is CC(=O)NC[C@]1(c2ccccc2)CC[C@@H](O)[C@H](N(C)C(=O)Cc2cccnc2)CC1. The van der Waals surface area contributed by atoms with Crippen LogP contribution in [-0.4, -0.2) is 52.5 Å². The van der Waals surface area contributed by atoms with Crippen molar-refractivity contribution in [1.29, 1.82) is 0 Å². The van der Waals surface area contributed by atoms with E-state index in [9.17, 15) is 14.7 Å². The Morgan fingerprint density at radius 2 is 1.90 bits per heavy atom. The number of aliphatic hydroxyl groups is 1. The molecule has 0 spiro atoms. The van der Waals surface area contributed by atoms with Crippen molar-refractivity contribution in [3.63, 3.8) is 0 Å². The molecule has 0 saturated heterocycles. The highest BCUT2D eigenvalue weighted by atomic mass is 16.3. The molecule has 2 amide bonds. The molecule has 0 unspecified atom stereocenters. The standard InChI is InChI=1S/C24H31N3O3/c1-18(28)26-17-24(20-8-4-3-5-9-20)12-10-21(22(29)11-13-24)27(2)23(30)15-19-7-6-14-25-16-19/h3-9,14,16,21-22,29H,10-13,15,17H2,1-2H3,(H,26,28)/t21-,22-,24-/m1/s1. The fourth-order valence-corrected chi connectivity index (χ4v) is 4.45. The Kier molecular flexibility index (Phi) is 7.21. The smallest absolute Gasteiger partial charge is 0.227 e. The molecule has 1 aliphatic carbocycles. The van der Waals surface area contributed by atoms with Gasteiger partial charge in [-0.3, -0.25) is 14.6 Å². The molecule has 1 fully saturated rings. The second kappa shape index (κ2) is 9.85. The first kappa shape index (κ1) is 22.0. The number of rotatable bonds is 6. The molecule has 1 aliphatic rings. The average Bonchev–Trinajstić information content (AvgIpc) is 2.93. The van der Waals surface area contributed by atoms with Gasteiger partial charge in [-0.15, -0.1) is 0 Å². The molecule has 1 aromatic carbocycles. The molecule has 1 heterocycles. The van der Waals surface area contributed by atoms with Gasteiger partial charge < -0.3 is 15.3 Å². The van der Waals surface area contributed by atoms with Crippen molar-refractivity contribution >= 4 is 11.8 Å². The molecule has 2 N–H and O–H groups in total. The molecule has 3 atom stereocenters. The number of likely N-dealkylation sites (N-methyl/N-ethyl adjacent to an activating group) is 1. The van der Waals surface area contributed by atoms with Gasteiger partial charge in [-0.05, 0) is 42.9 Å². The lowest BCUT2D eigenvalue weighted by molar-refractivity contribution is -0.133. The summed E-state index contributed by atoms with van der Waals surface area (Å²) in [5, 5.41) is 13.9. The number of aliphatic hydroxyl groups excluding tert-OH is 1. The largest absolute Gasteiger partial charge is 0.391 e. The molecule has 30 heavy (non-hydrogen) atoms. The molecular formula is C24H31N3O3. The van der Waals surface area contributed by atoms with E-state index in [2.05, 4.69) is 22.4 Å². The van der Waals surface area contributed by atoms with Crippen molar-refractivity contribution in [3.8, 4) is 0 Å². The summed E-state index contributed by atoms with van der Waals surface area (Å²) in [6.07, 6.45) is 5.82.